The van der Waals surface area contributed by atoms with Crippen LogP contribution >= 0.6 is 0 Å². The summed E-state index contributed by atoms with van der Waals surface area (Å²) >= 11 is 0. The Hall–Kier alpha value is -2.29. The summed E-state index contributed by atoms with van der Waals surface area (Å²) in [6.45, 7) is 1.91. The van der Waals surface area contributed by atoms with Gasteiger partial charge >= 0.3 is 0 Å². The minimum absolute atomic E-state index is 0.270. The van der Waals surface area contributed by atoms with Gasteiger partial charge in [-0.2, -0.15) is 0 Å². The van der Waals surface area contributed by atoms with E-state index in [0.717, 1.165) is 16.8 Å². The summed E-state index contributed by atoms with van der Waals surface area (Å²) < 4.78 is 0. The van der Waals surface area contributed by atoms with Crippen LogP contribution in [0.3, 0.4) is 0 Å². The summed E-state index contributed by atoms with van der Waals surface area (Å²) in [6, 6.07) is 10.8. The van der Waals surface area contributed by atoms with Crippen LogP contribution in [0.15, 0.2) is 36.4 Å². The molecular formula is C14H14N2O. The molecule has 0 amide bonds. The quantitative estimate of drug-likeness (QED) is 0.827. The molecule has 3 N–H and O–H groups in total. The Morgan fingerprint density at radius 2 is 1.71 bits per heavy atom. The largest absolute Gasteiger partial charge is 0.508 e. The molecule has 86 valence electrons. The highest BCUT2D eigenvalue weighted by Gasteiger charge is 1.94. The molecule has 3 nitrogen and oxygen atoms in total. The average molecular weight is 226 g/mol. The van der Waals surface area contributed by atoms with Crippen LogP contribution in [0.25, 0.3) is 12.2 Å². The molecule has 0 aliphatic heterocycles. The fraction of sp³-hybridized carbons (Fsp3) is 0.0714. The van der Waals surface area contributed by atoms with Crippen LogP contribution in [0.1, 0.15) is 16.8 Å². The summed E-state index contributed by atoms with van der Waals surface area (Å²) in [5.74, 6) is 0.793. The Morgan fingerprint density at radius 3 is 2.35 bits per heavy atom. The number of benzene rings is 1. The molecule has 0 radical (unpaired) electrons. The molecule has 2 aromatic rings. The zero-order valence-electron chi connectivity index (χ0n) is 9.59. The molecule has 0 aliphatic carbocycles. The van der Waals surface area contributed by atoms with Crippen molar-refractivity contribution in [3.05, 3.63) is 53.2 Å². The smallest absolute Gasteiger partial charge is 0.124 e. The van der Waals surface area contributed by atoms with Gasteiger partial charge in [0, 0.05) is 5.69 Å². The van der Waals surface area contributed by atoms with E-state index >= 15 is 0 Å². The van der Waals surface area contributed by atoms with Gasteiger partial charge in [0.2, 0.25) is 0 Å². The van der Waals surface area contributed by atoms with Crippen molar-refractivity contribution >= 4 is 18.0 Å². The summed E-state index contributed by atoms with van der Waals surface area (Å²) in [5.41, 5.74) is 8.61. The Kier molecular flexibility index (Phi) is 3.10. The van der Waals surface area contributed by atoms with Crippen molar-refractivity contribution in [2.45, 2.75) is 6.92 Å². The topological polar surface area (TPSA) is 59.1 Å². The first-order chi connectivity index (χ1) is 8.13. The number of hydrogen-bond acceptors (Lipinski definition) is 3. The van der Waals surface area contributed by atoms with Gasteiger partial charge in [0.1, 0.15) is 11.6 Å². The third-order valence-corrected chi connectivity index (χ3v) is 2.36. The lowest BCUT2D eigenvalue weighted by Gasteiger charge is -1.99. The maximum absolute atomic E-state index is 9.17. The van der Waals surface area contributed by atoms with Crippen molar-refractivity contribution in [1.29, 1.82) is 0 Å². The lowest BCUT2D eigenvalue weighted by Crippen LogP contribution is -1.92. The van der Waals surface area contributed by atoms with Crippen molar-refractivity contribution in [3.8, 4) is 5.75 Å². The highest BCUT2D eigenvalue weighted by Crippen LogP contribution is 2.14. The Morgan fingerprint density at radius 1 is 1.06 bits per heavy atom. The van der Waals surface area contributed by atoms with E-state index in [0.29, 0.717) is 5.82 Å². The number of pyridine rings is 1. The van der Waals surface area contributed by atoms with Crippen LogP contribution < -0.4 is 5.73 Å². The molecular weight excluding hydrogens is 212 g/mol. The number of phenols is 1. The Balaban J connectivity index is 2.22. The van der Waals surface area contributed by atoms with Crippen LogP contribution in [0.5, 0.6) is 5.75 Å². The fourth-order valence-electron chi connectivity index (χ4n) is 1.60. The maximum Gasteiger partial charge on any atom is 0.124 e. The van der Waals surface area contributed by atoms with E-state index in [2.05, 4.69) is 4.98 Å². The van der Waals surface area contributed by atoms with Gasteiger partial charge in [-0.05, 0) is 42.3 Å². The second-order valence-electron chi connectivity index (χ2n) is 3.89. The molecule has 2 rings (SSSR count). The zero-order chi connectivity index (χ0) is 12.3. The Bertz CT molecular complexity index is 524. The van der Waals surface area contributed by atoms with Gasteiger partial charge in [-0.1, -0.05) is 24.3 Å². The molecule has 0 fully saturated rings. The van der Waals surface area contributed by atoms with Gasteiger partial charge in [0.05, 0.1) is 0 Å². The first-order valence-electron chi connectivity index (χ1n) is 5.35. The number of hydrogen-bond donors (Lipinski definition) is 2. The number of nitrogens with two attached hydrogens (primary N) is 1. The van der Waals surface area contributed by atoms with Gasteiger partial charge in [-0.15, -0.1) is 0 Å². The number of rotatable bonds is 2. The number of aryl methyl sites for hydroxylation is 1. The number of phenolic OH excluding ortho intramolecular Hbond substituents is 1. The third kappa shape index (κ3) is 3.08. The molecule has 17 heavy (non-hydrogen) atoms. The van der Waals surface area contributed by atoms with Crippen LogP contribution in [0, 0.1) is 6.92 Å². The molecule has 1 aromatic heterocycles. The van der Waals surface area contributed by atoms with E-state index < -0.39 is 0 Å². The van der Waals surface area contributed by atoms with Crippen molar-refractivity contribution in [2.24, 2.45) is 0 Å². The molecule has 1 aromatic carbocycles. The van der Waals surface area contributed by atoms with Crippen molar-refractivity contribution < 1.29 is 5.11 Å². The number of nitrogens with zero attached hydrogens (tertiary/aromatic N) is 1. The lowest BCUT2D eigenvalue weighted by molar-refractivity contribution is 0.475. The molecule has 0 saturated carbocycles. The number of nitrogen functional groups attached to an aromatic ring is 1. The van der Waals surface area contributed by atoms with E-state index in [1.807, 2.05) is 43.3 Å². The van der Waals surface area contributed by atoms with Crippen LogP contribution in [-0.4, -0.2) is 10.1 Å². The minimum atomic E-state index is 0.270. The van der Waals surface area contributed by atoms with E-state index in [9.17, 15) is 0 Å². The van der Waals surface area contributed by atoms with Crippen LogP contribution in [-0.2, 0) is 0 Å². The highest BCUT2D eigenvalue weighted by atomic mass is 16.3. The SMILES string of the molecule is Cc1cc(/C=C/c2ccc(O)cc2)cc(N)n1. The second-order valence-corrected chi connectivity index (χ2v) is 3.89. The summed E-state index contributed by atoms with van der Waals surface area (Å²) in [7, 11) is 0. The number of aromatic hydroxyl groups is 1. The predicted octanol–water partition coefficient (Wildman–Crippen LogP) is 2.85. The summed E-state index contributed by atoms with van der Waals surface area (Å²) in [4.78, 5) is 4.11. The fourth-order valence-corrected chi connectivity index (χ4v) is 1.60. The highest BCUT2D eigenvalue weighted by molar-refractivity contribution is 5.70. The van der Waals surface area contributed by atoms with Gasteiger partial charge in [0.25, 0.3) is 0 Å². The standard InChI is InChI=1S/C14H14N2O/c1-10-8-12(9-14(15)16-10)3-2-11-4-6-13(17)7-5-11/h2-9,17H,1H3,(H2,15,16)/b3-2+. The van der Waals surface area contributed by atoms with Gasteiger partial charge in [-0.3, -0.25) is 0 Å². The minimum Gasteiger partial charge on any atom is -0.508 e. The molecule has 0 bridgehead atoms. The Labute approximate surface area is 100 Å². The summed E-state index contributed by atoms with van der Waals surface area (Å²) in [5, 5.41) is 9.17. The molecule has 1 heterocycles. The van der Waals surface area contributed by atoms with Gasteiger partial charge in [-0.25, -0.2) is 4.98 Å². The van der Waals surface area contributed by atoms with Crippen molar-refractivity contribution in [3.63, 3.8) is 0 Å². The van der Waals surface area contributed by atoms with Crippen LogP contribution in [0.2, 0.25) is 0 Å². The third-order valence-electron chi connectivity index (χ3n) is 2.36. The average Bonchev–Trinajstić information content (AvgIpc) is 2.27. The monoisotopic (exact) mass is 226 g/mol. The molecule has 0 spiro atoms. The number of anilines is 1. The van der Waals surface area contributed by atoms with E-state index in [-0.39, 0.29) is 5.75 Å². The van der Waals surface area contributed by atoms with Crippen LogP contribution in [0.4, 0.5) is 5.82 Å². The molecule has 0 atom stereocenters. The van der Waals surface area contributed by atoms with E-state index in [1.54, 1.807) is 12.1 Å². The number of aromatic nitrogens is 1. The maximum atomic E-state index is 9.17. The lowest BCUT2D eigenvalue weighted by atomic mass is 10.1. The molecule has 0 unspecified atom stereocenters. The normalized spacial score (nSPS) is 10.9. The van der Waals surface area contributed by atoms with Gasteiger partial charge in [0.15, 0.2) is 0 Å². The van der Waals surface area contributed by atoms with E-state index in [4.69, 9.17) is 10.8 Å². The first kappa shape index (κ1) is 11.2. The van der Waals surface area contributed by atoms with E-state index in [1.165, 1.54) is 0 Å². The van der Waals surface area contributed by atoms with Gasteiger partial charge < -0.3 is 10.8 Å². The molecule has 0 saturated heterocycles. The molecule has 3 heteroatoms. The van der Waals surface area contributed by atoms with Crippen molar-refractivity contribution in [2.75, 3.05) is 5.73 Å². The van der Waals surface area contributed by atoms with Crippen molar-refractivity contribution in [1.82, 2.24) is 4.98 Å². The second kappa shape index (κ2) is 4.70. The zero-order valence-corrected chi connectivity index (χ0v) is 9.59. The molecule has 0 aliphatic rings. The summed E-state index contributed by atoms with van der Waals surface area (Å²) in [6.07, 6.45) is 3.94. The first-order valence-corrected chi connectivity index (χ1v) is 5.35. The predicted molar refractivity (Wildman–Crippen MR) is 70.4 cm³/mol.